The molecule has 0 aliphatic carbocycles. The molecule has 3 aromatic rings. The van der Waals surface area contributed by atoms with Gasteiger partial charge < -0.3 is 16.0 Å². The second kappa shape index (κ2) is 11.0. The minimum atomic E-state index is -0.651. The van der Waals surface area contributed by atoms with Gasteiger partial charge in [-0.25, -0.2) is 9.97 Å². The van der Waals surface area contributed by atoms with Crippen LogP contribution in [0.15, 0.2) is 30.5 Å². The van der Waals surface area contributed by atoms with Gasteiger partial charge in [0.25, 0.3) is 0 Å². The van der Waals surface area contributed by atoms with Crippen molar-refractivity contribution in [1.82, 2.24) is 19.8 Å². The van der Waals surface area contributed by atoms with Crippen LogP contribution in [0.5, 0.6) is 0 Å². The van der Waals surface area contributed by atoms with Crippen molar-refractivity contribution in [1.29, 1.82) is 0 Å². The van der Waals surface area contributed by atoms with E-state index in [4.69, 9.17) is 10.7 Å². The summed E-state index contributed by atoms with van der Waals surface area (Å²) in [4.78, 5) is 40.2. The number of nitrogens with zero attached hydrogens (tertiary/aromatic N) is 4. The molecule has 2 saturated heterocycles. The largest absolute Gasteiger partial charge is 0.383 e. The van der Waals surface area contributed by atoms with Gasteiger partial charge >= 0.3 is 11.8 Å². The van der Waals surface area contributed by atoms with Gasteiger partial charge in [-0.1, -0.05) is 19.9 Å². The summed E-state index contributed by atoms with van der Waals surface area (Å²) in [7, 11) is 2.23. The number of nitrogens with two attached hydrogens (primary N) is 1. The lowest BCUT2D eigenvalue weighted by molar-refractivity contribution is -0.146. The molecule has 0 saturated carbocycles. The number of anilines is 2. The molecule has 0 radical (unpaired) electrons. The number of piperidine rings is 2. The Balaban J connectivity index is 1.38. The van der Waals surface area contributed by atoms with Crippen LogP contribution in [0.25, 0.3) is 10.2 Å². The summed E-state index contributed by atoms with van der Waals surface area (Å²) in [5.41, 5.74) is 9.43. The zero-order valence-electron chi connectivity index (χ0n) is 25.5. The Morgan fingerprint density at radius 2 is 1.83 bits per heavy atom. The summed E-state index contributed by atoms with van der Waals surface area (Å²) >= 11 is 1.79. The van der Waals surface area contributed by atoms with Crippen molar-refractivity contribution in [2.75, 3.05) is 24.6 Å². The summed E-state index contributed by atoms with van der Waals surface area (Å²) in [5.74, 6) is -0.0110. The first-order chi connectivity index (χ1) is 19.3. The zero-order valence-corrected chi connectivity index (χ0v) is 26.3. The molecule has 3 N–H and O–H groups in total. The van der Waals surface area contributed by atoms with Crippen LogP contribution in [0.1, 0.15) is 95.3 Å². The number of hydrogen-bond donors (Lipinski definition) is 2. The monoisotopic (exact) mass is 576 g/mol. The summed E-state index contributed by atoms with van der Waals surface area (Å²) in [6, 6.07) is 8.00. The van der Waals surface area contributed by atoms with Crippen LogP contribution < -0.4 is 11.1 Å². The number of benzene rings is 1. The Labute approximate surface area is 247 Å². The number of aromatic nitrogens is 2. The van der Waals surface area contributed by atoms with Gasteiger partial charge in [-0.3, -0.25) is 14.5 Å². The van der Waals surface area contributed by atoms with E-state index in [0.29, 0.717) is 36.3 Å². The smallest absolute Gasteiger partial charge is 0.313 e. The second-order valence-electron chi connectivity index (χ2n) is 13.3. The molecule has 0 spiro atoms. The molecule has 8 nitrogen and oxygen atoms in total. The number of fused-ring (bicyclic) bond motifs is 1. The van der Waals surface area contributed by atoms with E-state index in [9.17, 15) is 9.59 Å². The fourth-order valence-corrected chi connectivity index (χ4v) is 7.85. The lowest BCUT2D eigenvalue weighted by Crippen LogP contribution is -2.58. The molecule has 2 fully saturated rings. The Morgan fingerprint density at radius 3 is 2.51 bits per heavy atom. The molecule has 2 aromatic heterocycles. The van der Waals surface area contributed by atoms with Gasteiger partial charge in [0.15, 0.2) is 0 Å². The molecule has 0 bridgehead atoms. The van der Waals surface area contributed by atoms with Gasteiger partial charge in [0.1, 0.15) is 5.82 Å². The number of rotatable bonds is 4. The first-order valence-corrected chi connectivity index (χ1v) is 15.6. The number of thiazole rings is 1. The average molecular weight is 577 g/mol. The highest BCUT2D eigenvalue weighted by Crippen LogP contribution is 2.46. The molecule has 0 unspecified atom stereocenters. The first-order valence-electron chi connectivity index (χ1n) is 14.8. The van der Waals surface area contributed by atoms with Crippen molar-refractivity contribution < 1.29 is 9.59 Å². The number of hydrogen-bond acceptors (Lipinski definition) is 7. The Bertz CT molecular complexity index is 1450. The lowest BCUT2D eigenvalue weighted by Gasteiger charge is -2.53. The number of nitrogens with one attached hydrogen (secondary N) is 1. The third-order valence-electron chi connectivity index (χ3n) is 9.38. The van der Waals surface area contributed by atoms with Crippen LogP contribution in [0.4, 0.5) is 11.5 Å². The fourth-order valence-electron chi connectivity index (χ4n) is 6.80. The summed E-state index contributed by atoms with van der Waals surface area (Å²) in [5, 5.41) is 3.95. The van der Waals surface area contributed by atoms with Crippen LogP contribution in [0.3, 0.4) is 0 Å². The van der Waals surface area contributed by atoms with Crippen molar-refractivity contribution >= 4 is 44.9 Å². The highest BCUT2D eigenvalue weighted by molar-refractivity contribution is 7.18. The maximum absolute atomic E-state index is 13.5. The van der Waals surface area contributed by atoms with Crippen molar-refractivity contribution in [2.45, 2.75) is 96.7 Å². The molecular weight excluding hydrogens is 532 g/mol. The van der Waals surface area contributed by atoms with E-state index in [1.165, 1.54) is 15.9 Å². The van der Waals surface area contributed by atoms with Crippen molar-refractivity contribution in [3.63, 3.8) is 0 Å². The van der Waals surface area contributed by atoms with Gasteiger partial charge in [-0.15, -0.1) is 11.3 Å². The summed E-state index contributed by atoms with van der Waals surface area (Å²) in [6.45, 7) is 13.9. The van der Waals surface area contributed by atoms with E-state index in [1.54, 1.807) is 22.3 Å². The van der Waals surface area contributed by atoms with E-state index >= 15 is 0 Å². The third-order valence-corrected chi connectivity index (χ3v) is 10.6. The Kier molecular flexibility index (Phi) is 7.89. The van der Waals surface area contributed by atoms with E-state index in [0.717, 1.165) is 42.3 Å². The van der Waals surface area contributed by atoms with Crippen LogP contribution in [-0.4, -0.2) is 56.3 Å². The van der Waals surface area contributed by atoms with Crippen LogP contribution in [0.2, 0.25) is 0 Å². The molecule has 220 valence electrons. The van der Waals surface area contributed by atoms with Crippen molar-refractivity contribution in [3.05, 3.63) is 46.6 Å². The predicted molar refractivity (Wildman–Crippen MR) is 167 cm³/mol. The van der Waals surface area contributed by atoms with Crippen LogP contribution in [0, 0.1) is 5.92 Å². The van der Waals surface area contributed by atoms with E-state index < -0.39 is 11.8 Å². The Morgan fingerprint density at radius 1 is 1.12 bits per heavy atom. The topological polar surface area (TPSA) is 104 Å². The van der Waals surface area contributed by atoms with Crippen LogP contribution >= 0.6 is 11.3 Å². The minimum Gasteiger partial charge on any atom is -0.383 e. The van der Waals surface area contributed by atoms with E-state index in [2.05, 4.69) is 75.1 Å². The van der Waals surface area contributed by atoms with Gasteiger partial charge in [0.05, 0.1) is 33.2 Å². The van der Waals surface area contributed by atoms with E-state index in [-0.39, 0.29) is 17.1 Å². The number of nitrogen functional groups attached to an aromatic ring is 1. The molecule has 2 aliphatic heterocycles. The summed E-state index contributed by atoms with van der Waals surface area (Å²) in [6.07, 6.45) is 6.13. The zero-order chi connectivity index (χ0) is 29.7. The molecule has 1 aromatic carbocycles. The molecule has 41 heavy (non-hydrogen) atoms. The average Bonchev–Trinajstić information content (AvgIpc) is 3.35. The predicted octanol–water partition coefficient (Wildman–Crippen LogP) is 6.14. The highest BCUT2D eigenvalue weighted by Gasteiger charge is 2.44. The quantitative estimate of drug-likeness (QED) is 0.362. The van der Waals surface area contributed by atoms with Crippen molar-refractivity contribution in [3.8, 4) is 0 Å². The van der Waals surface area contributed by atoms with Gasteiger partial charge in [-0.2, -0.15) is 0 Å². The standard InChI is InChI=1S/C32H44N6O2S/c1-8-20-13-23(17-34-27(20)33)35-28(39)30(40)38-18-19(2)9-11-25(38)21-10-12-26-24(14-21)36-29(41-26)22-15-31(3,4)37(7)32(5,6)16-22/h10,12-14,17,19,22,25H,8-9,11,15-16,18H2,1-7H3,(H2,33,34)(H,35,39)/t19-,25+/m0/s1. The maximum atomic E-state index is 13.5. The molecule has 2 aliphatic rings. The van der Waals surface area contributed by atoms with Gasteiger partial charge in [0.2, 0.25) is 0 Å². The fraction of sp³-hybridized carbons (Fsp3) is 0.562. The van der Waals surface area contributed by atoms with Crippen LogP contribution in [-0.2, 0) is 16.0 Å². The van der Waals surface area contributed by atoms with E-state index in [1.807, 2.05) is 6.92 Å². The van der Waals surface area contributed by atoms with Crippen molar-refractivity contribution in [2.24, 2.45) is 5.92 Å². The molecule has 9 heteroatoms. The molecular formula is C32H44N6O2S. The number of carbonyl (C=O) groups excluding carboxylic acids is 2. The molecule has 2 atom stereocenters. The minimum absolute atomic E-state index is 0.0934. The number of likely N-dealkylation sites (tertiary alicyclic amines) is 2. The SMILES string of the molecule is CCc1cc(NC(=O)C(=O)N2C[C@@H](C)CC[C@@H]2c2ccc3sc(C4CC(C)(C)N(C)C(C)(C)C4)nc3c2)cnc1N. The maximum Gasteiger partial charge on any atom is 0.313 e. The summed E-state index contributed by atoms with van der Waals surface area (Å²) < 4.78 is 1.17. The lowest BCUT2D eigenvalue weighted by atomic mass is 9.74. The van der Waals surface area contributed by atoms with Gasteiger partial charge in [0, 0.05) is 23.5 Å². The number of pyridine rings is 1. The first kappa shape index (κ1) is 29.5. The molecule has 5 rings (SSSR count). The highest BCUT2D eigenvalue weighted by atomic mass is 32.1. The molecule has 2 amide bonds. The number of carbonyl (C=O) groups is 2. The normalized spacial score (nSPS) is 23.0. The molecule has 4 heterocycles. The third kappa shape index (κ3) is 5.84. The number of amides is 2. The Hall–Kier alpha value is -3.04. The second-order valence-corrected chi connectivity index (χ2v) is 14.4. The van der Waals surface area contributed by atoms with Gasteiger partial charge in [-0.05, 0) is 102 Å². The number of aryl methyl sites for hydroxylation is 1.